The number of aromatic amines is 1. The van der Waals surface area contributed by atoms with Crippen LogP contribution < -0.4 is 10.5 Å². The molecular formula is C12H14FN3O. The fourth-order valence-electron chi connectivity index (χ4n) is 1.86. The second kappa shape index (κ2) is 4.45. The molecule has 1 aromatic carbocycles. The molecule has 1 heterocycles. The van der Waals surface area contributed by atoms with Gasteiger partial charge in [-0.15, -0.1) is 0 Å². The van der Waals surface area contributed by atoms with Crippen LogP contribution in [0.4, 0.5) is 10.2 Å². The third kappa shape index (κ3) is 1.84. The highest BCUT2D eigenvalue weighted by Gasteiger charge is 2.18. The molecule has 0 aliphatic heterocycles. The van der Waals surface area contributed by atoms with Crippen molar-refractivity contribution in [1.29, 1.82) is 0 Å². The molecule has 2 aromatic rings. The van der Waals surface area contributed by atoms with Gasteiger partial charge in [0.1, 0.15) is 17.4 Å². The highest BCUT2D eigenvalue weighted by molar-refractivity contribution is 5.73. The van der Waals surface area contributed by atoms with Crippen molar-refractivity contribution in [2.24, 2.45) is 0 Å². The van der Waals surface area contributed by atoms with Crippen LogP contribution >= 0.6 is 0 Å². The maximum atomic E-state index is 13.9. The molecule has 2 rings (SSSR count). The summed E-state index contributed by atoms with van der Waals surface area (Å²) >= 11 is 0. The lowest BCUT2D eigenvalue weighted by molar-refractivity contribution is 0.413. The van der Waals surface area contributed by atoms with E-state index in [1.165, 1.54) is 13.2 Å². The summed E-state index contributed by atoms with van der Waals surface area (Å²) in [5, 5.41) is 6.67. The van der Waals surface area contributed by atoms with Gasteiger partial charge in [0.05, 0.1) is 18.4 Å². The number of rotatable bonds is 3. The van der Waals surface area contributed by atoms with Crippen LogP contribution in [0.3, 0.4) is 0 Å². The first-order valence-corrected chi connectivity index (χ1v) is 5.34. The van der Waals surface area contributed by atoms with Gasteiger partial charge in [0.2, 0.25) is 0 Å². The van der Waals surface area contributed by atoms with Crippen molar-refractivity contribution in [3.63, 3.8) is 0 Å². The molecule has 0 fully saturated rings. The highest BCUT2D eigenvalue weighted by atomic mass is 19.1. The van der Waals surface area contributed by atoms with Crippen LogP contribution in [0.2, 0.25) is 0 Å². The van der Waals surface area contributed by atoms with Gasteiger partial charge < -0.3 is 10.5 Å². The number of aromatic nitrogens is 2. The Morgan fingerprint density at radius 3 is 2.88 bits per heavy atom. The fraction of sp³-hybridized carbons (Fsp3) is 0.250. The largest absolute Gasteiger partial charge is 0.496 e. The second-order valence-electron chi connectivity index (χ2n) is 3.63. The standard InChI is InChI=1S/C12H14FN3O/c1-3-7-11(15-16-12(7)14)10-8(13)5-4-6-9(10)17-2/h4-6H,3H2,1-2H3,(H3,14,15,16). The summed E-state index contributed by atoms with van der Waals surface area (Å²) < 4.78 is 19.0. The number of H-pyrrole nitrogens is 1. The molecule has 0 atom stereocenters. The number of benzene rings is 1. The third-order valence-electron chi connectivity index (χ3n) is 2.70. The van der Waals surface area contributed by atoms with Crippen molar-refractivity contribution < 1.29 is 9.13 Å². The highest BCUT2D eigenvalue weighted by Crippen LogP contribution is 2.35. The van der Waals surface area contributed by atoms with E-state index in [1.54, 1.807) is 12.1 Å². The first-order valence-electron chi connectivity index (χ1n) is 5.34. The molecule has 0 saturated heterocycles. The molecule has 0 amide bonds. The van der Waals surface area contributed by atoms with Crippen molar-refractivity contribution in [1.82, 2.24) is 10.2 Å². The van der Waals surface area contributed by atoms with Crippen molar-refractivity contribution in [3.8, 4) is 17.0 Å². The minimum absolute atomic E-state index is 0.359. The number of anilines is 1. The van der Waals surface area contributed by atoms with E-state index >= 15 is 0 Å². The van der Waals surface area contributed by atoms with Gasteiger partial charge in [0.25, 0.3) is 0 Å². The third-order valence-corrected chi connectivity index (χ3v) is 2.70. The van der Waals surface area contributed by atoms with E-state index in [2.05, 4.69) is 10.2 Å². The summed E-state index contributed by atoms with van der Waals surface area (Å²) in [6.07, 6.45) is 0.676. The Kier molecular flexibility index (Phi) is 2.99. The zero-order chi connectivity index (χ0) is 12.4. The number of nitrogens with zero attached hydrogens (tertiary/aromatic N) is 1. The second-order valence-corrected chi connectivity index (χ2v) is 3.63. The first kappa shape index (κ1) is 11.4. The predicted octanol–water partition coefficient (Wildman–Crippen LogP) is 2.37. The van der Waals surface area contributed by atoms with E-state index in [9.17, 15) is 4.39 Å². The molecule has 90 valence electrons. The predicted molar refractivity (Wildman–Crippen MR) is 64.3 cm³/mol. The Morgan fingerprint density at radius 2 is 2.24 bits per heavy atom. The molecule has 0 radical (unpaired) electrons. The Labute approximate surface area is 98.6 Å². The number of ether oxygens (including phenoxy) is 1. The van der Waals surface area contributed by atoms with Crippen molar-refractivity contribution in [3.05, 3.63) is 29.6 Å². The van der Waals surface area contributed by atoms with Crippen LogP contribution in [0.5, 0.6) is 5.75 Å². The van der Waals surface area contributed by atoms with Crippen molar-refractivity contribution >= 4 is 5.82 Å². The molecule has 5 heteroatoms. The van der Waals surface area contributed by atoms with Crippen LogP contribution in [0.15, 0.2) is 18.2 Å². The molecule has 17 heavy (non-hydrogen) atoms. The summed E-state index contributed by atoms with van der Waals surface area (Å²) in [6, 6.07) is 4.69. The summed E-state index contributed by atoms with van der Waals surface area (Å²) in [5.74, 6) is 0.499. The Bertz CT molecular complexity index is 537. The van der Waals surface area contributed by atoms with Crippen LogP contribution in [-0.4, -0.2) is 17.3 Å². The minimum atomic E-state index is -0.359. The molecule has 0 spiro atoms. The number of nitrogen functional groups attached to an aromatic ring is 1. The smallest absolute Gasteiger partial charge is 0.149 e. The van der Waals surface area contributed by atoms with Crippen LogP contribution in [0, 0.1) is 5.82 Å². The molecule has 0 aliphatic carbocycles. The van der Waals surface area contributed by atoms with Gasteiger partial charge in [-0.2, -0.15) is 5.10 Å². The van der Waals surface area contributed by atoms with E-state index in [-0.39, 0.29) is 5.82 Å². The number of nitrogens with two attached hydrogens (primary N) is 1. The monoisotopic (exact) mass is 235 g/mol. The lowest BCUT2D eigenvalue weighted by atomic mass is 10.0. The number of halogens is 1. The Hall–Kier alpha value is -2.04. The topological polar surface area (TPSA) is 63.9 Å². The van der Waals surface area contributed by atoms with Crippen LogP contribution in [0.1, 0.15) is 12.5 Å². The first-order chi connectivity index (χ1) is 8.19. The summed E-state index contributed by atoms with van der Waals surface area (Å²) in [7, 11) is 1.50. The van der Waals surface area contributed by atoms with E-state index in [0.29, 0.717) is 29.2 Å². The van der Waals surface area contributed by atoms with Gasteiger partial charge in [0.15, 0.2) is 0 Å². The fourth-order valence-corrected chi connectivity index (χ4v) is 1.86. The van der Waals surface area contributed by atoms with Crippen molar-refractivity contribution in [2.45, 2.75) is 13.3 Å². The summed E-state index contributed by atoms with van der Waals surface area (Å²) in [6.45, 7) is 1.94. The molecule has 0 saturated carbocycles. The normalized spacial score (nSPS) is 10.5. The SMILES string of the molecule is CCc1c(N)n[nH]c1-c1c(F)cccc1OC. The quantitative estimate of drug-likeness (QED) is 0.858. The Morgan fingerprint density at radius 1 is 1.47 bits per heavy atom. The number of hydrogen-bond acceptors (Lipinski definition) is 3. The van der Waals surface area contributed by atoms with Gasteiger partial charge in [0, 0.05) is 5.56 Å². The van der Waals surface area contributed by atoms with Gasteiger partial charge >= 0.3 is 0 Å². The van der Waals surface area contributed by atoms with E-state index in [0.717, 1.165) is 5.56 Å². The molecule has 0 aliphatic rings. The lowest BCUT2D eigenvalue weighted by Crippen LogP contribution is -1.95. The van der Waals surface area contributed by atoms with Gasteiger partial charge in [-0.1, -0.05) is 13.0 Å². The Balaban J connectivity index is 2.67. The van der Waals surface area contributed by atoms with Gasteiger partial charge in [-0.25, -0.2) is 4.39 Å². The van der Waals surface area contributed by atoms with Gasteiger partial charge in [-0.05, 0) is 18.6 Å². The zero-order valence-corrected chi connectivity index (χ0v) is 9.75. The van der Waals surface area contributed by atoms with Crippen LogP contribution in [0.25, 0.3) is 11.3 Å². The summed E-state index contributed by atoms with van der Waals surface area (Å²) in [5.41, 5.74) is 7.48. The number of hydrogen-bond donors (Lipinski definition) is 2. The maximum Gasteiger partial charge on any atom is 0.149 e. The molecule has 0 bridgehead atoms. The molecule has 3 N–H and O–H groups in total. The summed E-state index contributed by atoms with van der Waals surface area (Å²) in [4.78, 5) is 0. The van der Waals surface area contributed by atoms with Gasteiger partial charge in [-0.3, -0.25) is 5.10 Å². The minimum Gasteiger partial charge on any atom is -0.496 e. The lowest BCUT2D eigenvalue weighted by Gasteiger charge is -2.09. The maximum absolute atomic E-state index is 13.9. The molecular weight excluding hydrogens is 221 g/mol. The number of nitrogens with one attached hydrogen (secondary N) is 1. The number of methoxy groups -OCH3 is 1. The zero-order valence-electron chi connectivity index (χ0n) is 9.75. The molecule has 1 aromatic heterocycles. The molecule has 4 nitrogen and oxygen atoms in total. The van der Waals surface area contributed by atoms with Crippen LogP contribution in [-0.2, 0) is 6.42 Å². The molecule has 0 unspecified atom stereocenters. The average molecular weight is 235 g/mol. The van der Waals surface area contributed by atoms with E-state index in [1.807, 2.05) is 6.92 Å². The van der Waals surface area contributed by atoms with Crippen molar-refractivity contribution in [2.75, 3.05) is 12.8 Å². The average Bonchev–Trinajstić information content (AvgIpc) is 2.69. The van der Waals surface area contributed by atoms with E-state index in [4.69, 9.17) is 10.5 Å². The van der Waals surface area contributed by atoms with E-state index < -0.39 is 0 Å².